The zero-order valence-corrected chi connectivity index (χ0v) is 15.1. The molecular weight excluding hydrogens is 366 g/mol. The Morgan fingerprint density at radius 1 is 1.54 bits per heavy atom. The number of furan rings is 1. The van der Waals surface area contributed by atoms with E-state index in [0.29, 0.717) is 20.1 Å². The molecule has 0 atom stereocenters. The Kier molecular flexibility index (Phi) is 5.12. The largest absolute Gasteiger partial charge is 0.465 e. The summed E-state index contributed by atoms with van der Waals surface area (Å²) < 4.78 is 5.65. The molecule has 0 spiro atoms. The van der Waals surface area contributed by atoms with E-state index >= 15 is 0 Å². The number of hydrogen-bond acceptors (Lipinski definition) is 7. The van der Waals surface area contributed by atoms with Gasteiger partial charge in [-0.15, -0.1) is 11.3 Å². The number of aryl methyl sites for hydroxylation is 1. The Morgan fingerprint density at radius 3 is 3.04 bits per heavy atom. The Bertz CT molecular complexity index is 811. The van der Waals surface area contributed by atoms with Gasteiger partial charge in [0.1, 0.15) is 10.1 Å². The third kappa shape index (κ3) is 3.92. The van der Waals surface area contributed by atoms with Crippen molar-refractivity contribution in [1.29, 1.82) is 0 Å². The van der Waals surface area contributed by atoms with Crippen LogP contribution in [0.5, 0.6) is 0 Å². The molecule has 0 unspecified atom stereocenters. The van der Waals surface area contributed by atoms with Gasteiger partial charge in [0, 0.05) is 24.4 Å². The molecular formula is C15H13N3O3S3. The van der Waals surface area contributed by atoms with Gasteiger partial charge in [0.25, 0.3) is 5.91 Å². The number of carbonyl (C=O) groups is 2. The van der Waals surface area contributed by atoms with Gasteiger partial charge in [0.2, 0.25) is 5.91 Å². The third-order valence-electron chi connectivity index (χ3n) is 3.12. The first kappa shape index (κ1) is 16.9. The van der Waals surface area contributed by atoms with E-state index in [2.05, 4.69) is 10.3 Å². The summed E-state index contributed by atoms with van der Waals surface area (Å²) in [7, 11) is 0. The van der Waals surface area contributed by atoms with Crippen molar-refractivity contribution >= 4 is 62.7 Å². The summed E-state index contributed by atoms with van der Waals surface area (Å²) in [6, 6.07) is 3.51. The van der Waals surface area contributed by atoms with Crippen LogP contribution in [0.3, 0.4) is 0 Å². The Balaban J connectivity index is 1.58. The predicted molar refractivity (Wildman–Crippen MR) is 98.7 cm³/mol. The third-order valence-corrected chi connectivity index (χ3v) is 5.37. The van der Waals surface area contributed by atoms with E-state index in [4.69, 9.17) is 16.6 Å². The smallest absolute Gasteiger partial charge is 0.266 e. The Labute approximate surface area is 151 Å². The normalized spacial score (nSPS) is 16.2. The van der Waals surface area contributed by atoms with Crippen LogP contribution < -0.4 is 5.32 Å². The van der Waals surface area contributed by atoms with Gasteiger partial charge in [-0.1, -0.05) is 24.0 Å². The number of amides is 2. The molecule has 2 amide bonds. The van der Waals surface area contributed by atoms with Crippen LogP contribution in [0.25, 0.3) is 6.08 Å². The van der Waals surface area contributed by atoms with Gasteiger partial charge in [-0.05, 0) is 19.1 Å². The van der Waals surface area contributed by atoms with Crippen molar-refractivity contribution < 1.29 is 14.0 Å². The summed E-state index contributed by atoms with van der Waals surface area (Å²) >= 11 is 7.80. The first-order chi connectivity index (χ1) is 11.5. The fourth-order valence-corrected chi connectivity index (χ4v) is 3.99. The van der Waals surface area contributed by atoms with Gasteiger partial charge in [-0.3, -0.25) is 14.5 Å². The molecule has 1 fully saturated rings. The molecule has 3 heterocycles. The lowest BCUT2D eigenvalue weighted by Crippen LogP contribution is -2.31. The molecule has 2 aromatic rings. The fraction of sp³-hybridized carbons (Fsp3) is 0.200. The predicted octanol–water partition coefficient (Wildman–Crippen LogP) is 3.27. The van der Waals surface area contributed by atoms with E-state index in [9.17, 15) is 9.59 Å². The van der Waals surface area contributed by atoms with Crippen molar-refractivity contribution in [2.24, 2.45) is 0 Å². The van der Waals surface area contributed by atoms with Gasteiger partial charge in [0.15, 0.2) is 5.13 Å². The zero-order chi connectivity index (χ0) is 17.1. The minimum absolute atomic E-state index is 0.152. The molecule has 9 heteroatoms. The highest BCUT2D eigenvalue weighted by Crippen LogP contribution is 2.32. The number of carbonyl (C=O) groups excluding carboxylic acids is 2. The van der Waals surface area contributed by atoms with Crippen LogP contribution in [-0.2, 0) is 9.59 Å². The first-order valence-corrected chi connectivity index (χ1v) is 9.14. The van der Waals surface area contributed by atoms with Crippen molar-refractivity contribution in [3.05, 3.63) is 40.1 Å². The van der Waals surface area contributed by atoms with Crippen LogP contribution in [0.15, 0.2) is 33.1 Å². The fourth-order valence-electron chi connectivity index (χ4n) is 2.00. The highest BCUT2D eigenvalue weighted by molar-refractivity contribution is 8.26. The number of anilines is 1. The lowest BCUT2D eigenvalue weighted by molar-refractivity contribution is -0.122. The van der Waals surface area contributed by atoms with E-state index in [1.807, 2.05) is 12.3 Å². The van der Waals surface area contributed by atoms with E-state index in [-0.39, 0.29) is 24.8 Å². The molecule has 0 aliphatic carbocycles. The van der Waals surface area contributed by atoms with E-state index in [1.165, 1.54) is 34.3 Å². The van der Waals surface area contributed by atoms with E-state index in [0.717, 1.165) is 5.69 Å². The lowest BCUT2D eigenvalue weighted by Gasteiger charge is -2.13. The second-order valence-corrected chi connectivity index (χ2v) is 7.47. The standard InChI is InChI=1S/C15H13N3O3S3/c1-9-8-23-14(16-9)17-12(19)4-5-18-13(20)11(24-15(18)22)7-10-3-2-6-21-10/h2-3,6-8H,4-5H2,1H3,(H,16,17,19)/b11-7+. The van der Waals surface area contributed by atoms with Crippen LogP contribution in [0.1, 0.15) is 17.9 Å². The van der Waals surface area contributed by atoms with Crippen LogP contribution in [-0.4, -0.2) is 32.6 Å². The van der Waals surface area contributed by atoms with Crippen molar-refractivity contribution in [2.75, 3.05) is 11.9 Å². The molecule has 1 aliphatic rings. The second-order valence-electron chi connectivity index (χ2n) is 4.94. The molecule has 2 aromatic heterocycles. The summed E-state index contributed by atoms with van der Waals surface area (Å²) in [5.41, 5.74) is 0.857. The molecule has 1 saturated heterocycles. The van der Waals surface area contributed by atoms with Crippen LogP contribution in [0.2, 0.25) is 0 Å². The minimum Gasteiger partial charge on any atom is -0.465 e. The number of thiocarbonyl (C=S) groups is 1. The second kappa shape index (κ2) is 7.29. The highest BCUT2D eigenvalue weighted by Gasteiger charge is 2.32. The van der Waals surface area contributed by atoms with Crippen LogP contribution in [0, 0.1) is 6.92 Å². The topological polar surface area (TPSA) is 75.4 Å². The van der Waals surface area contributed by atoms with Gasteiger partial charge >= 0.3 is 0 Å². The summed E-state index contributed by atoms with van der Waals surface area (Å²) in [4.78, 5) is 30.4. The highest BCUT2D eigenvalue weighted by atomic mass is 32.2. The Morgan fingerprint density at radius 2 is 2.38 bits per heavy atom. The van der Waals surface area contributed by atoms with Crippen molar-refractivity contribution in [3.63, 3.8) is 0 Å². The van der Waals surface area contributed by atoms with Gasteiger partial charge in [-0.25, -0.2) is 4.98 Å². The van der Waals surface area contributed by atoms with Crippen LogP contribution >= 0.6 is 35.3 Å². The molecule has 1 N–H and O–H groups in total. The quantitative estimate of drug-likeness (QED) is 0.635. The maximum atomic E-state index is 12.4. The first-order valence-electron chi connectivity index (χ1n) is 7.04. The van der Waals surface area contributed by atoms with Gasteiger partial charge in [-0.2, -0.15) is 0 Å². The van der Waals surface area contributed by atoms with Crippen LogP contribution in [0.4, 0.5) is 5.13 Å². The maximum absolute atomic E-state index is 12.4. The average Bonchev–Trinajstić information content (AvgIpc) is 3.23. The number of rotatable bonds is 5. The summed E-state index contributed by atoms with van der Waals surface area (Å²) in [6.45, 7) is 2.09. The number of aromatic nitrogens is 1. The average molecular weight is 379 g/mol. The van der Waals surface area contributed by atoms with E-state index < -0.39 is 0 Å². The maximum Gasteiger partial charge on any atom is 0.266 e. The van der Waals surface area contributed by atoms with Crippen molar-refractivity contribution in [3.8, 4) is 0 Å². The van der Waals surface area contributed by atoms with Gasteiger partial charge < -0.3 is 9.73 Å². The molecule has 24 heavy (non-hydrogen) atoms. The van der Waals surface area contributed by atoms with E-state index in [1.54, 1.807) is 18.2 Å². The SMILES string of the molecule is Cc1csc(NC(=O)CCN2C(=O)/C(=C\c3ccco3)SC2=S)n1. The molecule has 0 saturated carbocycles. The molecule has 3 rings (SSSR count). The summed E-state index contributed by atoms with van der Waals surface area (Å²) in [5, 5.41) is 5.13. The number of nitrogens with one attached hydrogen (secondary N) is 1. The molecule has 124 valence electrons. The minimum atomic E-state index is -0.209. The molecule has 0 aromatic carbocycles. The Hall–Kier alpha value is -1.97. The molecule has 6 nitrogen and oxygen atoms in total. The zero-order valence-electron chi connectivity index (χ0n) is 12.6. The molecule has 0 radical (unpaired) electrons. The van der Waals surface area contributed by atoms with Crippen molar-refractivity contribution in [1.82, 2.24) is 9.88 Å². The number of hydrogen-bond donors (Lipinski definition) is 1. The monoisotopic (exact) mass is 379 g/mol. The van der Waals surface area contributed by atoms with Crippen molar-refractivity contribution in [2.45, 2.75) is 13.3 Å². The number of nitrogens with zero attached hydrogens (tertiary/aromatic N) is 2. The summed E-state index contributed by atoms with van der Waals surface area (Å²) in [6.07, 6.45) is 3.34. The lowest BCUT2D eigenvalue weighted by atomic mass is 10.3. The molecule has 0 bridgehead atoms. The number of thioether (sulfide) groups is 1. The van der Waals surface area contributed by atoms with Gasteiger partial charge in [0.05, 0.1) is 16.9 Å². The molecule has 1 aliphatic heterocycles. The number of thiazole rings is 1. The summed E-state index contributed by atoms with van der Waals surface area (Å²) in [5.74, 6) is 0.181.